The third-order valence-corrected chi connectivity index (χ3v) is 3.47. The summed E-state index contributed by atoms with van der Waals surface area (Å²) in [7, 11) is 0. The van der Waals surface area contributed by atoms with Gasteiger partial charge in [0, 0.05) is 4.47 Å². The molecule has 1 atom stereocenters. The molecule has 1 aliphatic rings. The van der Waals surface area contributed by atoms with Gasteiger partial charge in [0.1, 0.15) is 0 Å². The third kappa shape index (κ3) is 1.86. The average molecular weight is 255 g/mol. The largest absolute Gasteiger partial charge is 0.373 e. The number of halogens is 1. The third-order valence-electron chi connectivity index (χ3n) is 2.72. The van der Waals surface area contributed by atoms with E-state index in [-0.39, 0.29) is 0 Å². The lowest BCUT2D eigenvalue weighted by Crippen LogP contribution is -2.16. The standard InChI is InChI=1S/C12H15BrO/c1-2-4-12-10-5-3-6-11(13)9(10)7-8-14-12/h3,5-6,12H,2,4,7-8H2,1H3. The minimum absolute atomic E-state index is 0.321. The summed E-state index contributed by atoms with van der Waals surface area (Å²) in [6, 6.07) is 6.41. The highest BCUT2D eigenvalue weighted by atomic mass is 79.9. The molecule has 1 aliphatic heterocycles. The second-order valence-electron chi connectivity index (χ2n) is 3.71. The Kier molecular flexibility index (Phi) is 3.24. The van der Waals surface area contributed by atoms with Crippen molar-refractivity contribution < 1.29 is 4.74 Å². The van der Waals surface area contributed by atoms with Crippen LogP contribution in [-0.2, 0) is 11.2 Å². The fourth-order valence-electron chi connectivity index (χ4n) is 2.03. The topological polar surface area (TPSA) is 9.23 Å². The fraction of sp³-hybridized carbons (Fsp3) is 0.500. The van der Waals surface area contributed by atoms with Gasteiger partial charge in [0.15, 0.2) is 0 Å². The van der Waals surface area contributed by atoms with E-state index in [2.05, 4.69) is 41.1 Å². The molecule has 0 N–H and O–H groups in total. The van der Waals surface area contributed by atoms with Crippen molar-refractivity contribution in [3.05, 3.63) is 33.8 Å². The number of hydrogen-bond acceptors (Lipinski definition) is 1. The second kappa shape index (κ2) is 4.45. The number of ether oxygens (including phenoxy) is 1. The summed E-state index contributed by atoms with van der Waals surface area (Å²) in [5, 5.41) is 0. The van der Waals surface area contributed by atoms with E-state index in [4.69, 9.17) is 4.74 Å². The van der Waals surface area contributed by atoms with E-state index in [9.17, 15) is 0 Å². The van der Waals surface area contributed by atoms with Gasteiger partial charge in [-0.2, -0.15) is 0 Å². The van der Waals surface area contributed by atoms with Crippen LogP contribution in [-0.4, -0.2) is 6.61 Å². The van der Waals surface area contributed by atoms with Crippen LogP contribution in [0, 0.1) is 0 Å². The van der Waals surface area contributed by atoms with Crippen LogP contribution in [0.15, 0.2) is 22.7 Å². The summed E-state index contributed by atoms with van der Waals surface area (Å²) < 4.78 is 7.01. The van der Waals surface area contributed by atoms with Gasteiger partial charge >= 0.3 is 0 Å². The minimum atomic E-state index is 0.321. The molecule has 2 heteroatoms. The average Bonchev–Trinajstić information content (AvgIpc) is 2.20. The highest BCUT2D eigenvalue weighted by Crippen LogP contribution is 2.34. The quantitative estimate of drug-likeness (QED) is 0.779. The van der Waals surface area contributed by atoms with Crippen molar-refractivity contribution >= 4 is 15.9 Å². The summed E-state index contributed by atoms with van der Waals surface area (Å²) in [4.78, 5) is 0. The van der Waals surface area contributed by atoms with Gasteiger partial charge in [0.25, 0.3) is 0 Å². The van der Waals surface area contributed by atoms with Crippen LogP contribution < -0.4 is 0 Å². The molecule has 1 nitrogen and oxygen atoms in total. The second-order valence-corrected chi connectivity index (χ2v) is 4.56. The predicted molar refractivity (Wildman–Crippen MR) is 61.4 cm³/mol. The van der Waals surface area contributed by atoms with Gasteiger partial charge in [-0.05, 0) is 30.0 Å². The van der Waals surface area contributed by atoms with E-state index in [1.165, 1.54) is 22.0 Å². The zero-order valence-electron chi connectivity index (χ0n) is 8.42. The SMILES string of the molecule is CCCC1OCCc2c(Br)cccc21. The van der Waals surface area contributed by atoms with Crippen molar-refractivity contribution in [3.8, 4) is 0 Å². The van der Waals surface area contributed by atoms with E-state index in [1.807, 2.05) is 0 Å². The maximum atomic E-state index is 5.78. The Hall–Kier alpha value is -0.340. The molecule has 0 fully saturated rings. The molecular formula is C12H15BrO. The molecule has 14 heavy (non-hydrogen) atoms. The first-order valence-electron chi connectivity index (χ1n) is 5.21. The molecule has 0 aliphatic carbocycles. The summed E-state index contributed by atoms with van der Waals surface area (Å²) in [5.74, 6) is 0. The summed E-state index contributed by atoms with van der Waals surface area (Å²) >= 11 is 3.61. The molecule has 1 aromatic rings. The van der Waals surface area contributed by atoms with Crippen molar-refractivity contribution in [3.63, 3.8) is 0 Å². The van der Waals surface area contributed by atoms with Gasteiger partial charge in [-0.3, -0.25) is 0 Å². The minimum Gasteiger partial charge on any atom is -0.373 e. The van der Waals surface area contributed by atoms with Gasteiger partial charge in [-0.1, -0.05) is 41.4 Å². The number of rotatable bonds is 2. The van der Waals surface area contributed by atoms with Gasteiger partial charge in [0.2, 0.25) is 0 Å². The summed E-state index contributed by atoms with van der Waals surface area (Å²) in [6.45, 7) is 3.07. The van der Waals surface area contributed by atoms with Crippen LogP contribution in [0.25, 0.3) is 0 Å². The van der Waals surface area contributed by atoms with Crippen molar-refractivity contribution in [2.24, 2.45) is 0 Å². The molecule has 76 valence electrons. The molecule has 0 aromatic heterocycles. The van der Waals surface area contributed by atoms with Gasteiger partial charge in [0.05, 0.1) is 12.7 Å². The summed E-state index contributed by atoms with van der Waals surface area (Å²) in [6.07, 6.45) is 3.66. The molecule has 1 aromatic carbocycles. The number of hydrogen-bond donors (Lipinski definition) is 0. The smallest absolute Gasteiger partial charge is 0.0828 e. The first-order valence-corrected chi connectivity index (χ1v) is 6.01. The highest BCUT2D eigenvalue weighted by molar-refractivity contribution is 9.10. The molecule has 2 rings (SSSR count). The molecule has 0 saturated heterocycles. The molecule has 0 amide bonds. The van der Waals surface area contributed by atoms with Crippen LogP contribution in [0.2, 0.25) is 0 Å². The van der Waals surface area contributed by atoms with Crippen LogP contribution in [0.5, 0.6) is 0 Å². The highest BCUT2D eigenvalue weighted by Gasteiger charge is 2.21. The molecule has 1 unspecified atom stereocenters. The molecule has 0 spiro atoms. The van der Waals surface area contributed by atoms with Gasteiger partial charge in [-0.25, -0.2) is 0 Å². The van der Waals surface area contributed by atoms with Crippen molar-refractivity contribution in [2.75, 3.05) is 6.61 Å². The molecule has 1 heterocycles. The maximum absolute atomic E-state index is 5.78. The molecular weight excluding hydrogens is 240 g/mol. The van der Waals surface area contributed by atoms with Gasteiger partial charge < -0.3 is 4.74 Å². The van der Waals surface area contributed by atoms with Gasteiger partial charge in [-0.15, -0.1) is 0 Å². The Labute approximate surface area is 93.6 Å². The number of fused-ring (bicyclic) bond motifs is 1. The van der Waals surface area contributed by atoms with Crippen molar-refractivity contribution in [1.29, 1.82) is 0 Å². The van der Waals surface area contributed by atoms with E-state index >= 15 is 0 Å². The first-order chi connectivity index (χ1) is 6.83. The normalized spacial score (nSPS) is 20.6. The fourth-order valence-corrected chi connectivity index (χ4v) is 2.61. The van der Waals surface area contributed by atoms with E-state index in [0.29, 0.717) is 6.10 Å². The maximum Gasteiger partial charge on any atom is 0.0828 e. The van der Waals surface area contributed by atoms with Crippen LogP contribution in [0.3, 0.4) is 0 Å². The molecule has 0 bridgehead atoms. The lowest BCUT2D eigenvalue weighted by molar-refractivity contribution is 0.0359. The van der Waals surface area contributed by atoms with Crippen LogP contribution in [0.1, 0.15) is 37.0 Å². The number of benzene rings is 1. The zero-order valence-corrected chi connectivity index (χ0v) is 10.0. The Morgan fingerprint density at radius 3 is 3.14 bits per heavy atom. The van der Waals surface area contributed by atoms with Crippen molar-refractivity contribution in [2.45, 2.75) is 32.3 Å². The molecule has 0 radical (unpaired) electrons. The van der Waals surface area contributed by atoms with Crippen LogP contribution >= 0.6 is 15.9 Å². The van der Waals surface area contributed by atoms with Crippen molar-refractivity contribution in [1.82, 2.24) is 0 Å². The Balaban J connectivity index is 2.34. The Bertz CT molecular complexity index is 322. The summed E-state index contributed by atoms with van der Waals surface area (Å²) in [5.41, 5.74) is 2.82. The molecule has 0 saturated carbocycles. The zero-order chi connectivity index (χ0) is 9.97. The monoisotopic (exact) mass is 254 g/mol. The Morgan fingerprint density at radius 1 is 1.50 bits per heavy atom. The van der Waals surface area contributed by atoms with Crippen LogP contribution in [0.4, 0.5) is 0 Å². The Morgan fingerprint density at radius 2 is 2.36 bits per heavy atom. The lowest BCUT2D eigenvalue weighted by atomic mass is 9.95. The first kappa shape index (κ1) is 10.2. The van der Waals surface area contributed by atoms with E-state index in [1.54, 1.807) is 0 Å². The van der Waals surface area contributed by atoms with E-state index < -0.39 is 0 Å². The lowest BCUT2D eigenvalue weighted by Gasteiger charge is -2.26. The predicted octanol–water partition coefficient (Wildman–Crippen LogP) is 3.86. The van der Waals surface area contributed by atoms with E-state index in [0.717, 1.165) is 19.4 Å².